The van der Waals surface area contributed by atoms with E-state index in [2.05, 4.69) is 35.0 Å². The first-order chi connectivity index (χ1) is 8.56. The maximum absolute atomic E-state index is 6.55. The third kappa shape index (κ3) is 2.30. The molecule has 2 aliphatic rings. The van der Waals surface area contributed by atoms with Gasteiger partial charge in [-0.3, -0.25) is 0 Å². The van der Waals surface area contributed by atoms with Gasteiger partial charge in [-0.1, -0.05) is 22.9 Å². The zero-order valence-corrected chi connectivity index (χ0v) is 12.4. The normalized spacial score (nSPS) is 30.3. The topological polar surface area (TPSA) is 35.2 Å². The Kier molecular flexibility index (Phi) is 3.15. The summed E-state index contributed by atoms with van der Waals surface area (Å²) < 4.78 is 6.94. The maximum Gasteiger partial charge on any atom is 0.125 e. The van der Waals surface area contributed by atoms with Gasteiger partial charge in [0.15, 0.2) is 0 Å². The number of hydrogen-bond donors (Lipinski definition) is 1. The van der Waals surface area contributed by atoms with Crippen molar-refractivity contribution in [3.8, 4) is 5.75 Å². The van der Waals surface area contributed by atoms with E-state index in [9.17, 15) is 0 Å². The van der Waals surface area contributed by atoms with Crippen molar-refractivity contribution in [1.82, 2.24) is 0 Å². The Bertz CT molecular complexity index is 474. The lowest BCUT2D eigenvalue weighted by atomic mass is 9.88. The van der Waals surface area contributed by atoms with Gasteiger partial charge in [0, 0.05) is 16.4 Å². The molecule has 0 bridgehead atoms. The van der Waals surface area contributed by atoms with Crippen LogP contribution in [-0.2, 0) is 12.8 Å². The Morgan fingerprint density at radius 2 is 2.33 bits per heavy atom. The molecule has 1 aromatic carbocycles. The van der Waals surface area contributed by atoms with E-state index >= 15 is 0 Å². The summed E-state index contributed by atoms with van der Waals surface area (Å²) in [4.78, 5) is 0. The van der Waals surface area contributed by atoms with Gasteiger partial charge in [-0.2, -0.15) is 0 Å². The van der Waals surface area contributed by atoms with Crippen LogP contribution in [0.3, 0.4) is 0 Å². The fraction of sp³-hybridized carbons (Fsp3) is 0.600. The van der Waals surface area contributed by atoms with Crippen molar-refractivity contribution in [3.63, 3.8) is 0 Å². The quantitative estimate of drug-likeness (QED) is 0.908. The van der Waals surface area contributed by atoms with Crippen molar-refractivity contribution in [3.05, 3.63) is 27.7 Å². The molecular formula is C15H20BrNO. The number of nitrogens with two attached hydrogens (primary N) is 1. The lowest BCUT2D eigenvalue weighted by Crippen LogP contribution is -2.39. The molecule has 0 radical (unpaired) electrons. The summed E-state index contributed by atoms with van der Waals surface area (Å²) in [5.74, 6) is 1.86. The molecule has 98 valence electrons. The Morgan fingerprint density at radius 1 is 1.50 bits per heavy atom. The highest BCUT2D eigenvalue weighted by molar-refractivity contribution is 9.10. The van der Waals surface area contributed by atoms with Crippen LogP contribution in [0.1, 0.15) is 37.3 Å². The molecule has 0 aromatic heterocycles. The van der Waals surface area contributed by atoms with Crippen LogP contribution >= 0.6 is 15.9 Å². The summed E-state index contributed by atoms with van der Waals surface area (Å²) in [5.41, 5.74) is 9.14. The summed E-state index contributed by atoms with van der Waals surface area (Å²) in [7, 11) is 0. The maximum atomic E-state index is 6.55. The highest BCUT2D eigenvalue weighted by Crippen LogP contribution is 2.39. The third-order valence-electron chi connectivity index (χ3n) is 4.26. The molecule has 0 spiro atoms. The van der Waals surface area contributed by atoms with Gasteiger partial charge >= 0.3 is 0 Å². The highest BCUT2D eigenvalue weighted by atomic mass is 79.9. The third-order valence-corrected chi connectivity index (χ3v) is 4.72. The lowest BCUT2D eigenvalue weighted by Gasteiger charge is -2.25. The summed E-state index contributed by atoms with van der Waals surface area (Å²) in [6.07, 6.45) is 5.49. The van der Waals surface area contributed by atoms with E-state index in [-0.39, 0.29) is 5.54 Å². The van der Waals surface area contributed by atoms with Crippen LogP contribution in [0, 0.1) is 5.92 Å². The van der Waals surface area contributed by atoms with Crippen LogP contribution in [0.5, 0.6) is 5.75 Å². The molecule has 1 aromatic rings. The van der Waals surface area contributed by atoms with Gasteiger partial charge in [-0.15, -0.1) is 0 Å². The van der Waals surface area contributed by atoms with Crippen LogP contribution in [0.4, 0.5) is 0 Å². The molecule has 2 unspecified atom stereocenters. The average molecular weight is 310 g/mol. The van der Waals surface area contributed by atoms with Crippen LogP contribution in [-0.4, -0.2) is 12.1 Å². The predicted octanol–water partition coefficient (Wildman–Crippen LogP) is 3.44. The molecule has 3 heteroatoms. The summed E-state index contributed by atoms with van der Waals surface area (Å²) in [5, 5.41) is 0. The van der Waals surface area contributed by atoms with Crippen molar-refractivity contribution >= 4 is 15.9 Å². The first-order valence-corrected chi connectivity index (χ1v) is 7.58. The molecule has 2 N–H and O–H groups in total. The Hall–Kier alpha value is -0.540. The van der Waals surface area contributed by atoms with Crippen LogP contribution in [0.25, 0.3) is 0 Å². The molecule has 0 saturated heterocycles. The summed E-state index contributed by atoms with van der Waals surface area (Å²) in [6.45, 7) is 3.11. The van der Waals surface area contributed by atoms with Gasteiger partial charge < -0.3 is 10.5 Å². The molecule has 2 nitrogen and oxygen atoms in total. The Balaban J connectivity index is 1.89. The van der Waals surface area contributed by atoms with Crippen molar-refractivity contribution in [2.45, 2.75) is 44.6 Å². The standard InChI is InChI=1S/C15H20BrNO/c1-10-2-4-15(17,8-10)9-12-7-13(16)6-11-3-5-18-14(11)12/h6-7,10H,2-5,8-9,17H2,1H3. The van der Waals surface area contributed by atoms with E-state index in [4.69, 9.17) is 10.5 Å². The van der Waals surface area contributed by atoms with Gasteiger partial charge in [0.1, 0.15) is 5.75 Å². The first-order valence-electron chi connectivity index (χ1n) is 6.79. The fourth-order valence-electron chi connectivity index (χ4n) is 3.45. The minimum atomic E-state index is -0.0278. The van der Waals surface area contributed by atoms with Crippen molar-refractivity contribution in [2.75, 3.05) is 6.61 Å². The largest absolute Gasteiger partial charge is 0.493 e. The van der Waals surface area contributed by atoms with E-state index < -0.39 is 0 Å². The van der Waals surface area contributed by atoms with Crippen LogP contribution in [0.2, 0.25) is 0 Å². The minimum Gasteiger partial charge on any atom is -0.493 e. The molecule has 1 aliphatic heterocycles. The second kappa shape index (κ2) is 4.53. The van der Waals surface area contributed by atoms with Gasteiger partial charge in [-0.05, 0) is 54.9 Å². The average Bonchev–Trinajstić information content (AvgIpc) is 2.85. The van der Waals surface area contributed by atoms with Crippen LogP contribution in [0.15, 0.2) is 16.6 Å². The number of fused-ring (bicyclic) bond motifs is 1. The Labute approximate surface area is 117 Å². The number of benzene rings is 1. The second-order valence-electron chi connectivity index (χ2n) is 6.04. The summed E-state index contributed by atoms with van der Waals surface area (Å²) >= 11 is 3.60. The van der Waals surface area contributed by atoms with Crippen molar-refractivity contribution in [2.24, 2.45) is 11.7 Å². The second-order valence-corrected chi connectivity index (χ2v) is 6.95. The zero-order valence-electron chi connectivity index (χ0n) is 10.8. The van der Waals surface area contributed by atoms with Crippen molar-refractivity contribution in [1.29, 1.82) is 0 Å². The van der Waals surface area contributed by atoms with Gasteiger partial charge in [0.2, 0.25) is 0 Å². The van der Waals surface area contributed by atoms with E-state index in [0.717, 1.165) is 48.4 Å². The number of rotatable bonds is 2. The first kappa shape index (κ1) is 12.5. The molecule has 1 heterocycles. The molecule has 1 aliphatic carbocycles. The van der Waals surface area contributed by atoms with Gasteiger partial charge in [0.25, 0.3) is 0 Å². The molecular weight excluding hydrogens is 290 g/mol. The lowest BCUT2D eigenvalue weighted by molar-refractivity contribution is 0.346. The molecule has 0 amide bonds. The minimum absolute atomic E-state index is 0.0278. The van der Waals surface area contributed by atoms with E-state index in [0.29, 0.717) is 0 Å². The zero-order chi connectivity index (χ0) is 12.8. The molecule has 18 heavy (non-hydrogen) atoms. The molecule has 2 atom stereocenters. The Morgan fingerprint density at radius 3 is 3.06 bits per heavy atom. The van der Waals surface area contributed by atoms with E-state index in [1.54, 1.807) is 0 Å². The van der Waals surface area contributed by atoms with Crippen LogP contribution < -0.4 is 10.5 Å². The summed E-state index contributed by atoms with van der Waals surface area (Å²) in [6, 6.07) is 4.36. The smallest absolute Gasteiger partial charge is 0.125 e. The molecule has 3 rings (SSSR count). The predicted molar refractivity (Wildman–Crippen MR) is 77.0 cm³/mol. The monoisotopic (exact) mass is 309 g/mol. The molecule has 1 saturated carbocycles. The van der Waals surface area contributed by atoms with Gasteiger partial charge in [0.05, 0.1) is 6.61 Å². The van der Waals surface area contributed by atoms with E-state index in [1.165, 1.54) is 17.5 Å². The molecule has 1 fully saturated rings. The van der Waals surface area contributed by atoms with E-state index in [1.807, 2.05) is 0 Å². The number of hydrogen-bond acceptors (Lipinski definition) is 2. The highest BCUT2D eigenvalue weighted by Gasteiger charge is 2.35. The number of halogens is 1. The van der Waals surface area contributed by atoms with Crippen molar-refractivity contribution < 1.29 is 4.74 Å². The SMILES string of the molecule is CC1CCC(N)(Cc2cc(Br)cc3c2OCC3)C1. The fourth-order valence-corrected chi connectivity index (χ4v) is 4.00. The number of ether oxygens (including phenoxy) is 1. The van der Waals surface area contributed by atoms with Gasteiger partial charge in [-0.25, -0.2) is 0 Å².